The van der Waals surface area contributed by atoms with Crippen LogP contribution in [-0.2, 0) is 4.79 Å². The number of rotatable bonds is 2. The third-order valence-electron chi connectivity index (χ3n) is 1.09. The smallest absolute Gasteiger partial charge is 0.306 e. The Labute approximate surface area is 74.1 Å². The average Bonchev–Trinajstić information content (AvgIpc) is 2.36. The molecule has 0 spiro atoms. The number of carbonyl (C=O) groups excluding carboxylic acids is 1. The summed E-state index contributed by atoms with van der Waals surface area (Å²) in [4.78, 5) is 17.8. The maximum atomic E-state index is 10.9. The van der Waals surface area contributed by atoms with Gasteiger partial charge >= 0.3 is 5.91 Å². The molecule has 1 aromatic rings. The summed E-state index contributed by atoms with van der Waals surface area (Å²) in [5, 5.41) is 4.92. The highest BCUT2D eigenvalue weighted by atomic mass is 32.1. The van der Waals surface area contributed by atoms with Crippen LogP contribution in [0, 0.1) is 13.5 Å². The number of carbonyl (C=O) groups is 1. The van der Waals surface area contributed by atoms with Gasteiger partial charge in [-0.25, -0.2) is 11.6 Å². The summed E-state index contributed by atoms with van der Waals surface area (Å²) < 4.78 is 0. The molecule has 1 rings (SSSR count). The minimum absolute atomic E-state index is 0.140. The van der Waals surface area contributed by atoms with Gasteiger partial charge in [0.25, 0.3) is 6.54 Å². The summed E-state index contributed by atoms with van der Waals surface area (Å²) in [7, 11) is 0. The molecule has 0 unspecified atom stereocenters. The Morgan fingerprint density at radius 1 is 1.92 bits per heavy atom. The number of anilines is 1. The number of nitrogens with one attached hydrogen (secondary N) is 1. The van der Waals surface area contributed by atoms with Crippen LogP contribution in [0.1, 0.15) is 5.69 Å². The molecular weight excluding hydrogens is 174 g/mol. The Balaban J connectivity index is 2.53. The van der Waals surface area contributed by atoms with E-state index in [0.717, 1.165) is 5.69 Å². The molecule has 5 heteroatoms. The van der Waals surface area contributed by atoms with Crippen molar-refractivity contribution in [1.82, 2.24) is 4.98 Å². The maximum Gasteiger partial charge on any atom is 0.306 e. The van der Waals surface area contributed by atoms with Crippen LogP contribution in [0.25, 0.3) is 4.85 Å². The molecule has 0 aliphatic carbocycles. The summed E-state index contributed by atoms with van der Waals surface area (Å²) >= 11 is 1.36. The van der Waals surface area contributed by atoms with Gasteiger partial charge in [0.2, 0.25) is 0 Å². The monoisotopic (exact) mass is 181 g/mol. The lowest BCUT2D eigenvalue weighted by Gasteiger charge is -1.92. The van der Waals surface area contributed by atoms with Crippen LogP contribution in [0.15, 0.2) is 5.38 Å². The Bertz CT molecular complexity index is 326. The first-order valence-electron chi connectivity index (χ1n) is 3.27. The molecule has 0 saturated heterocycles. The summed E-state index contributed by atoms with van der Waals surface area (Å²) in [6.45, 7) is 8.16. The molecule has 0 fully saturated rings. The zero-order valence-electron chi connectivity index (χ0n) is 6.50. The van der Waals surface area contributed by atoms with Gasteiger partial charge in [0.1, 0.15) is 0 Å². The largest absolute Gasteiger partial charge is 0.306 e. The lowest BCUT2D eigenvalue weighted by molar-refractivity contribution is -0.114. The molecular formula is C7H7N3OS. The topological polar surface area (TPSA) is 46.4 Å². The van der Waals surface area contributed by atoms with Gasteiger partial charge in [-0.1, -0.05) is 0 Å². The summed E-state index contributed by atoms with van der Waals surface area (Å²) in [6, 6.07) is 0. The first kappa shape index (κ1) is 8.68. The first-order valence-corrected chi connectivity index (χ1v) is 4.15. The highest BCUT2D eigenvalue weighted by molar-refractivity contribution is 7.13. The normalized spacial score (nSPS) is 9.00. The zero-order valence-corrected chi connectivity index (χ0v) is 7.31. The summed E-state index contributed by atoms with van der Waals surface area (Å²) in [5.41, 5.74) is 0.873. The highest BCUT2D eigenvalue weighted by Crippen LogP contribution is 2.13. The highest BCUT2D eigenvalue weighted by Gasteiger charge is 2.06. The fraction of sp³-hybridized carbons (Fsp3) is 0.286. The number of hydrogen-bond acceptors (Lipinski definition) is 3. The molecule has 1 amide bonds. The third-order valence-corrected chi connectivity index (χ3v) is 1.96. The van der Waals surface area contributed by atoms with Crippen molar-refractivity contribution in [2.24, 2.45) is 0 Å². The molecule has 0 radical (unpaired) electrons. The number of hydrogen-bond donors (Lipinski definition) is 1. The van der Waals surface area contributed by atoms with E-state index in [1.54, 1.807) is 0 Å². The maximum absolute atomic E-state index is 10.9. The van der Waals surface area contributed by atoms with Crippen LogP contribution in [-0.4, -0.2) is 17.4 Å². The summed E-state index contributed by atoms with van der Waals surface area (Å²) in [5.74, 6) is -0.306. The Hall–Kier alpha value is -1.41. The van der Waals surface area contributed by atoms with Crippen molar-refractivity contribution in [2.75, 3.05) is 11.9 Å². The minimum atomic E-state index is -0.306. The number of aromatic nitrogens is 1. The molecule has 1 aromatic heterocycles. The predicted molar refractivity (Wildman–Crippen MR) is 46.9 cm³/mol. The molecule has 0 atom stereocenters. The van der Waals surface area contributed by atoms with Crippen LogP contribution in [0.3, 0.4) is 0 Å². The molecule has 0 saturated carbocycles. The van der Waals surface area contributed by atoms with Gasteiger partial charge < -0.3 is 4.85 Å². The van der Waals surface area contributed by atoms with Crippen molar-refractivity contribution in [2.45, 2.75) is 6.92 Å². The SMILES string of the molecule is [C-]#[N+]CC(=O)Nc1nc(C)cs1. The molecule has 4 nitrogen and oxygen atoms in total. The molecule has 1 heterocycles. The van der Waals surface area contributed by atoms with Crippen LogP contribution < -0.4 is 5.32 Å². The standard InChI is InChI=1S/C7H7N3OS/c1-5-4-12-7(9-5)10-6(11)3-8-2/h4H,3H2,1H3,(H,9,10,11). The predicted octanol–water partition coefficient (Wildman–Crippen LogP) is 1.31. The Kier molecular flexibility index (Phi) is 2.77. The van der Waals surface area contributed by atoms with Crippen molar-refractivity contribution < 1.29 is 4.79 Å². The second-order valence-electron chi connectivity index (χ2n) is 2.16. The lowest BCUT2D eigenvalue weighted by atomic mass is 10.6. The van der Waals surface area contributed by atoms with E-state index in [4.69, 9.17) is 6.57 Å². The molecule has 1 N–H and O–H groups in total. The van der Waals surface area contributed by atoms with Crippen molar-refractivity contribution in [1.29, 1.82) is 0 Å². The van der Waals surface area contributed by atoms with Crippen molar-refractivity contribution in [3.8, 4) is 0 Å². The van der Waals surface area contributed by atoms with E-state index in [9.17, 15) is 4.79 Å². The van der Waals surface area contributed by atoms with E-state index in [-0.39, 0.29) is 12.5 Å². The van der Waals surface area contributed by atoms with Gasteiger partial charge in [0.15, 0.2) is 5.13 Å². The number of nitrogens with zero attached hydrogens (tertiary/aromatic N) is 2. The van der Waals surface area contributed by atoms with Gasteiger partial charge in [0.05, 0.1) is 5.69 Å². The average molecular weight is 181 g/mol. The van der Waals surface area contributed by atoms with E-state index < -0.39 is 0 Å². The van der Waals surface area contributed by atoms with Crippen LogP contribution in [0.2, 0.25) is 0 Å². The number of thiazole rings is 1. The van der Waals surface area contributed by atoms with E-state index >= 15 is 0 Å². The Morgan fingerprint density at radius 3 is 3.17 bits per heavy atom. The van der Waals surface area contributed by atoms with Gasteiger partial charge in [-0.3, -0.25) is 10.1 Å². The molecule has 0 aromatic carbocycles. The second-order valence-corrected chi connectivity index (χ2v) is 3.02. The first-order chi connectivity index (χ1) is 5.72. The van der Waals surface area contributed by atoms with E-state index in [0.29, 0.717) is 5.13 Å². The van der Waals surface area contributed by atoms with Crippen molar-refractivity contribution in [3.63, 3.8) is 0 Å². The van der Waals surface area contributed by atoms with Gasteiger partial charge in [-0.15, -0.1) is 11.3 Å². The minimum Gasteiger partial charge on any atom is -0.306 e. The lowest BCUT2D eigenvalue weighted by Crippen LogP contribution is -2.13. The quantitative estimate of drug-likeness (QED) is 0.699. The van der Waals surface area contributed by atoms with Crippen molar-refractivity contribution in [3.05, 3.63) is 22.5 Å². The molecule has 0 aliphatic heterocycles. The van der Waals surface area contributed by atoms with Crippen LogP contribution >= 0.6 is 11.3 Å². The molecule has 0 aliphatic rings. The van der Waals surface area contributed by atoms with Gasteiger partial charge in [-0.05, 0) is 6.92 Å². The Morgan fingerprint density at radius 2 is 2.67 bits per heavy atom. The van der Waals surface area contributed by atoms with Crippen LogP contribution in [0.4, 0.5) is 5.13 Å². The van der Waals surface area contributed by atoms with E-state index in [1.165, 1.54) is 11.3 Å². The fourth-order valence-corrected chi connectivity index (χ4v) is 1.35. The molecule has 62 valence electrons. The number of amides is 1. The van der Waals surface area contributed by atoms with E-state index in [1.807, 2.05) is 12.3 Å². The molecule has 0 bridgehead atoms. The number of aryl methyl sites for hydroxylation is 1. The van der Waals surface area contributed by atoms with Gasteiger partial charge in [-0.2, -0.15) is 0 Å². The second kappa shape index (κ2) is 3.83. The fourth-order valence-electron chi connectivity index (χ4n) is 0.642. The van der Waals surface area contributed by atoms with Crippen LogP contribution in [0.5, 0.6) is 0 Å². The van der Waals surface area contributed by atoms with E-state index in [2.05, 4.69) is 15.1 Å². The van der Waals surface area contributed by atoms with Crippen molar-refractivity contribution >= 4 is 22.4 Å². The van der Waals surface area contributed by atoms with Gasteiger partial charge in [0, 0.05) is 5.38 Å². The zero-order chi connectivity index (χ0) is 8.97. The summed E-state index contributed by atoms with van der Waals surface area (Å²) in [6.07, 6.45) is 0. The third kappa shape index (κ3) is 2.32. The molecule has 12 heavy (non-hydrogen) atoms.